The van der Waals surface area contributed by atoms with Crippen LogP contribution in [0.4, 0.5) is 0 Å². The van der Waals surface area contributed by atoms with Crippen molar-refractivity contribution in [3.63, 3.8) is 0 Å². The molecule has 0 aliphatic carbocycles. The van der Waals surface area contributed by atoms with Crippen LogP contribution in [-0.2, 0) is 0 Å². The third-order valence-electron chi connectivity index (χ3n) is 3.40. The van der Waals surface area contributed by atoms with Crippen LogP contribution in [-0.4, -0.2) is 41.3 Å². The third kappa shape index (κ3) is 4.09. The van der Waals surface area contributed by atoms with E-state index in [4.69, 9.17) is 5.73 Å². The monoisotopic (exact) mass is 214 g/mol. The van der Waals surface area contributed by atoms with Crippen LogP contribution in [0.2, 0.25) is 0 Å². The van der Waals surface area contributed by atoms with Crippen LogP contribution < -0.4 is 5.73 Å². The Labute approximate surface area is 93.6 Å². The lowest BCUT2D eigenvalue weighted by Crippen LogP contribution is -2.53. The summed E-state index contributed by atoms with van der Waals surface area (Å²) in [5.74, 6) is 0. The van der Waals surface area contributed by atoms with E-state index in [9.17, 15) is 5.11 Å². The zero-order chi connectivity index (χ0) is 11.3. The molecule has 0 aromatic heterocycles. The van der Waals surface area contributed by atoms with Crippen molar-refractivity contribution < 1.29 is 5.11 Å². The number of aliphatic hydroxyl groups excluding tert-OH is 1. The van der Waals surface area contributed by atoms with E-state index in [1.165, 1.54) is 32.1 Å². The number of hydrogen-bond acceptors (Lipinski definition) is 3. The molecule has 15 heavy (non-hydrogen) atoms. The Balaban J connectivity index is 2.55. The van der Waals surface area contributed by atoms with Crippen molar-refractivity contribution in [2.75, 3.05) is 19.7 Å². The minimum Gasteiger partial charge on any atom is -0.394 e. The molecule has 3 nitrogen and oxygen atoms in total. The summed E-state index contributed by atoms with van der Waals surface area (Å²) in [6.45, 7) is 6.22. The summed E-state index contributed by atoms with van der Waals surface area (Å²) < 4.78 is 0. The first-order valence-electron chi connectivity index (χ1n) is 6.23. The standard InChI is InChI=1S/C12H26N2O/c1-3-11-7-5-4-6-8-14(11)9-12(2,13)10-15/h11,15H,3-10,13H2,1-2H3. The summed E-state index contributed by atoms with van der Waals surface area (Å²) in [4.78, 5) is 2.48. The molecule has 0 radical (unpaired) electrons. The van der Waals surface area contributed by atoms with Gasteiger partial charge in [0.15, 0.2) is 0 Å². The highest BCUT2D eigenvalue weighted by Crippen LogP contribution is 2.20. The van der Waals surface area contributed by atoms with Gasteiger partial charge in [0.25, 0.3) is 0 Å². The van der Waals surface area contributed by atoms with Gasteiger partial charge in [-0.3, -0.25) is 4.90 Å². The van der Waals surface area contributed by atoms with Gasteiger partial charge in [0.2, 0.25) is 0 Å². The molecule has 0 saturated carbocycles. The summed E-state index contributed by atoms with van der Waals surface area (Å²) in [7, 11) is 0. The van der Waals surface area contributed by atoms with Gasteiger partial charge in [0.1, 0.15) is 0 Å². The number of nitrogens with two attached hydrogens (primary N) is 1. The van der Waals surface area contributed by atoms with Crippen molar-refractivity contribution in [3.8, 4) is 0 Å². The second-order valence-corrected chi connectivity index (χ2v) is 5.19. The number of rotatable bonds is 4. The lowest BCUT2D eigenvalue weighted by molar-refractivity contribution is 0.116. The van der Waals surface area contributed by atoms with E-state index in [1.54, 1.807) is 0 Å². The van der Waals surface area contributed by atoms with E-state index >= 15 is 0 Å². The SMILES string of the molecule is CCC1CCCCCN1CC(C)(N)CO. The number of nitrogens with zero attached hydrogens (tertiary/aromatic N) is 1. The summed E-state index contributed by atoms with van der Waals surface area (Å²) in [6, 6.07) is 0.668. The zero-order valence-corrected chi connectivity index (χ0v) is 10.2. The largest absolute Gasteiger partial charge is 0.394 e. The predicted molar refractivity (Wildman–Crippen MR) is 63.8 cm³/mol. The molecule has 3 N–H and O–H groups in total. The summed E-state index contributed by atoms with van der Waals surface area (Å²) in [5.41, 5.74) is 5.58. The number of aliphatic hydroxyl groups is 1. The topological polar surface area (TPSA) is 49.5 Å². The van der Waals surface area contributed by atoms with Crippen LogP contribution >= 0.6 is 0 Å². The van der Waals surface area contributed by atoms with Gasteiger partial charge in [-0.2, -0.15) is 0 Å². The molecule has 1 aliphatic rings. The quantitative estimate of drug-likeness (QED) is 0.743. The Morgan fingerprint density at radius 2 is 2.13 bits per heavy atom. The molecule has 0 spiro atoms. The van der Waals surface area contributed by atoms with Crippen LogP contribution in [0.1, 0.15) is 46.0 Å². The molecule has 2 atom stereocenters. The zero-order valence-electron chi connectivity index (χ0n) is 10.2. The Bertz CT molecular complexity index is 182. The van der Waals surface area contributed by atoms with E-state index in [0.717, 1.165) is 13.1 Å². The molecule has 3 heteroatoms. The molecule has 90 valence electrons. The highest BCUT2D eigenvalue weighted by Gasteiger charge is 2.26. The molecular weight excluding hydrogens is 188 g/mol. The van der Waals surface area contributed by atoms with Crippen LogP contribution in [0.3, 0.4) is 0 Å². The number of hydrogen-bond donors (Lipinski definition) is 2. The molecule has 1 aliphatic heterocycles. The lowest BCUT2D eigenvalue weighted by atomic mass is 10.0. The Kier molecular flexibility index (Phi) is 5.03. The molecular formula is C12H26N2O. The highest BCUT2D eigenvalue weighted by molar-refractivity contribution is 4.85. The molecule has 2 unspecified atom stereocenters. The van der Waals surface area contributed by atoms with E-state index in [0.29, 0.717) is 6.04 Å². The Hall–Kier alpha value is -0.120. The van der Waals surface area contributed by atoms with E-state index < -0.39 is 5.54 Å². The fourth-order valence-electron chi connectivity index (χ4n) is 2.42. The summed E-state index contributed by atoms with van der Waals surface area (Å²) >= 11 is 0. The smallest absolute Gasteiger partial charge is 0.0621 e. The summed E-state index contributed by atoms with van der Waals surface area (Å²) in [6.07, 6.45) is 6.44. The van der Waals surface area contributed by atoms with Crippen molar-refractivity contribution >= 4 is 0 Å². The maximum atomic E-state index is 9.20. The van der Waals surface area contributed by atoms with Gasteiger partial charge in [-0.15, -0.1) is 0 Å². The van der Waals surface area contributed by atoms with Crippen LogP contribution in [0.5, 0.6) is 0 Å². The Morgan fingerprint density at radius 1 is 1.40 bits per heavy atom. The normalized spacial score (nSPS) is 28.4. The lowest BCUT2D eigenvalue weighted by Gasteiger charge is -2.35. The molecule has 0 amide bonds. The first-order valence-corrected chi connectivity index (χ1v) is 6.23. The first kappa shape index (κ1) is 12.9. The summed E-state index contributed by atoms with van der Waals surface area (Å²) in [5, 5.41) is 9.20. The first-order chi connectivity index (χ1) is 7.09. The van der Waals surface area contributed by atoms with Crippen molar-refractivity contribution in [2.45, 2.75) is 57.5 Å². The van der Waals surface area contributed by atoms with Crippen molar-refractivity contribution in [1.82, 2.24) is 4.90 Å². The average molecular weight is 214 g/mol. The second-order valence-electron chi connectivity index (χ2n) is 5.19. The Morgan fingerprint density at radius 3 is 2.73 bits per heavy atom. The van der Waals surface area contributed by atoms with Crippen LogP contribution in [0.15, 0.2) is 0 Å². The van der Waals surface area contributed by atoms with Crippen LogP contribution in [0.25, 0.3) is 0 Å². The van der Waals surface area contributed by atoms with Gasteiger partial charge in [-0.1, -0.05) is 19.8 Å². The van der Waals surface area contributed by atoms with Crippen molar-refractivity contribution in [1.29, 1.82) is 0 Å². The maximum absolute atomic E-state index is 9.20. The van der Waals surface area contributed by atoms with Gasteiger partial charge in [-0.25, -0.2) is 0 Å². The molecule has 0 aromatic rings. The van der Waals surface area contributed by atoms with Gasteiger partial charge in [-0.05, 0) is 32.7 Å². The second kappa shape index (κ2) is 5.83. The average Bonchev–Trinajstić information content (AvgIpc) is 2.42. The third-order valence-corrected chi connectivity index (χ3v) is 3.40. The molecule has 1 heterocycles. The molecule has 1 saturated heterocycles. The van der Waals surface area contributed by atoms with Crippen LogP contribution in [0, 0.1) is 0 Å². The highest BCUT2D eigenvalue weighted by atomic mass is 16.3. The van der Waals surface area contributed by atoms with Gasteiger partial charge in [0.05, 0.1) is 6.61 Å². The minimum absolute atomic E-state index is 0.0694. The predicted octanol–water partition coefficient (Wildman–Crippen LogP) is 1.35. The van der Waals surface area contributed by atoms with Crippen molar-refractivity contribution in [2.24, 2.45) is 5.73 Å². The van der Waals surface area contributed by atoms with E-state index in [2.05, 4.69) is 11.8 Å². The fourth-order valence-corrected chi connectivity index (χ4v) is 2.42. The molecule has 0 aromatic carbocycles. The molecule has 1 rings (SSSR count). The minimum atomic E-state index is -0.447. The number of likely N-dealkylation sites (tertiary alicyclic amines) is 1. The fraction of sp³-hybridized carbons (Fsp3) is 1.00. The van der Waals surface area contributed by atoms with Gasteiger partial charge >= 0.3 is 0 Å². The molecule has 0 bridgehead atoms. The van der Waals surface area contributed by atoms with Gasteiger partial charge < -0.3 is 10.8 Å². The van der Waals surface area contributed by atoms with E-state index in [1.807, 2.05) is 6.92 Å². The van der Waals surface area contributed by atoms with Crippen molar-refractivity contribution in [3.05, 3.63) is 0 Å². The van der Waals surface area contributed by atoms with Gasteiger partial charge in [0, 0.05) is 18.1 Å². The van der Waals surface area contributed by atoms with E-state index in [-0.39, 0.29) is 6.61 Å². The maximum Gasteiger partial charge on any atom is 0.0621 e. The molecule has 1 fully saturated rings.